The number of rotatable bonds is 7. The Bertz CT molecular complexity index is 561. The summed E-state index contributed by atoms with van der Waals surface area (Å²) in [4.78, 5) is 9.17. The predicted octanol–water partition coefficient (Wildman–Crippen LogP) is 0.785. The summed E-state index contributed by atoms with van der Waals surface area (Å²) in [5.74, 6) is -1.09. The van der Waals surface area contributed by atoms with Crippen LogP contribution in [0.1, 0.15) is 12.8 Å². The fourth-order valence-corrected chi connectivity index (χ4v) is 2.42. The molecule has 0 unspecified atom stereocenters. The van der Waals surface area contributed by atoms with E-state index in [1.54, 1.807) is 0 Å². The molecule has 1 aromatic rings. The van der Waals surface area contributed by atoms with E-state index in [1.807, 2.05) is 0 Å². The molecule has 19 heavy (non-hydrogen) atoms. The van der Waals surface area contributed by atoms with Crippen molar-refractivity contribution < 1.29 is 22.8 Å². The second kappa shape index (κ2) is 6.55. The normalized spacial score (nSPS) is 11.5. The van der Waals surface area contributed by atoms with Gasteiger partial charge in [0.05, 0.1) is 9.82 Å². The van der Waals surface area contributed by atoms with Gasteiger partial charge >= 0.3 is 5.69 Å². The highest BCUT2D eigenvalue weighted by Crippen LogP contribution is 2.21. The number of aliphatic hydroxyl groups is 1. The molecule has 0 aliphatic carbocycles. The third-order valence-electron chi connectivity index (χ3n) is 2.30. The number of nitrogens with one attached hydrogen (secondary N) is 1. The maximum atomic E-state index is 13.1. The van der Waals surface area contributed by atoms with E-state index >= 15 is 0 Å². The van der Waals surface area contributed by atoms with Crippen LogP contribution in [0, 0.1) is 15.9 Å². The highest BCUT2D eigenvalue weighted by molar-refractivity contribution is 7.89. The van der Waals surface area contributed by atoms with Crippen molar-refractivity contribution >= 4 is 15.7 Å². The lowest BCUT2D eigenvalue weighted by Crippen LogP contribution is -2.25. The van der Waals surface area contributed by atoms with E-state index in [1.165, 1.54) is 0 Å². The quantitative estimate of drug-likeness (QED) is 0.438. The first-order valence-corrected chi connectivity index (χ1v) is 6.91. The average Bonchev–Trinajstić information content (AvgIpc) is 2.34. The summed E-state index contributed by atoms with van der Waals surface area (Å²) in [6.45, 7) is 0.0395. The Labute approximate surface area is 109 Å². The zero-order valence-corrected chi connectivity index (χ0v) is 10.7. The van der Waals surface area contributed by atoms with Gasteiger partial charge < -0.3 is 5.11 Å². The Morgan fingerprint density at radius 3 is 2.63 bits per heavy atom. The fourth-order valence-electron chi connectivity index (χ4n) is 1.33. The largest absolute Gasteiger partial charge is 0.396 e. The number of aliphatic hydroxyl groups excluding tert-OH is 1. The maximum absolute atomic E-state index is 13.1. The fraction of sp³-hybridized carbons (Fsp3) is 0.400. The van der Waals surface area contributed by atoms with Crippen LogP contribution in [0.2, 0.25) is 0 Å². The van der Waals surface area contributed by atoms with Crippen molar-refractivity contribution in [2.24, 2.45) is 0 Å². The summed E-state index contributed by atoms with van der Waals surface area (Å²) in [6.07, 6.45) is 0.866. The Kier molecular flexibility index (Phi) is 5.33. The van der Waals surface area contributed by atoms with Gasteiger partial charge in [0, 0.05) is 19.2 Å². The van der Waals surface area contributed by atoms with E-state index < -0.39 is 26.5 Å². The van der Waals surface area contributed by atoms with E-state index in [4.69, 9.17) is 5.11 Å². The predicted molar refractivity (Wildman–Crippen MR) is 64.6 cm³/mol. The summed E-state index contributed by atoms with van der Waals surface area (Å²) in [5, 5.41) is 19.1. The molecule has 0 amide bonds. The van der Waals surface area contributed by atoms with Crippen LogP contribution in [-0.2, 0) is 10.0 Å². The highest BCUT2D eigenvalue weighted by Gasteiger charge is 2.20. The lowest BCUT2D eigenvalue weighted by atomic mass is 10.3. The first kappa shape index (κ1) is 15.5. The smallest absolute Gasteiger partial charge is 0.306 e. The van der Waals surface area contributed by atoms with Crippen LogP contribution >= 0.6 is 0 Å². The molecule has 0 heterocycles. The second-order valence-corrected chi connectivity index (χ2v) is 5.47. The van der Waals surface area contributed by atoms with Gasteiger partial charge in [-0.25, -0.2) is 13.1 Å². The van der Waals surface area contributed by atoms with Crippen LogP contribution < -0.4 is 4.72 Å². The molecule has 0 radical (unpaired) electrons. The minimum absolute atomic E-state index is 0.0518. The third kappa shape index (κ3) is 4.23. The van der Waals surface area contributed by atoms with Crippen molar-refractivity contribution in [1.29, 1.82) is 0 Å². The van der Waals surface area contributed by atoms with Crippen LogP contribution in [0.4, 0.5) is 10.1 Å². The Morgan fingerprint density at radius 2 is 2.05 bits per heavy atom. The third-order valence-corrected chi connectivity index (χ3v) is 3.76. The molecule has 1 aromatic carbocycles. The first-order valence-electron chi connectivity index (χ1n) is 5.43. The van der Waals surface area contributed by atoms with Gasteiger partial charge in [-0.1, -0.05) is 0 Å². The zero-order chi connectivity index (χ0) is 14.5. The molecule has 0 bridgehead atoms. The molecular formula is C10H13FN2O5S. The van der Waals surface area contributed by atoms with Gasteiger partial charge in [0.2, 0.25) is 15.8 Å². The summed E-state index contributed by atoms with van der Waals surface area (Å²) >= 11 is 0. The molecular weight excluding hydrogens is 279 g/mol. The number of nitro benzene ring substituents is 1. The van der Waals surface area contributed by atoms with Crippen molar-refractivity contribution in [3.05, 3.63) is 34.1 Å². The second-order valence-electron chi connectivity index (χ2n) is 3.70. The van der Waals surface area contributed by atoms with Crippen molar-refractivity contribution in [3.63, 3.8) is 0 Å². The van der Waals surface area contributed by atoms with E-state index in [0.29, 0.717) is 18.9 Å². The highest BCUT2D eigenvalue weighted by atomic mass is 32.2. The lowest BCUT2D eigenvalue weighted by molar-refractivity contribution is -0.387. The van der Waals surface area contributed by atoms with Crippen molar-refractivity contribution in [2.45, 2.75) is 17.7 Å². The summed E-state index contributed by atoms with van der Waals surface area (Å²) in [7, 11) is -3.92. The summed E-state index contributed by atoms with van der Waals surface area (Å²) < 4.78 is 38.8. The molecule has 0 aliphatic rings. The molecule has 0 saturated carbocycles. The monoisotopic (exact) mass is 292 g/mol. The number of nitrogens with zero attached hydrogens (tertiary/aromatic N) is 1. The van der Waals surface area contributed by atoms with E-state index in [0.717, 1.165) is 12.1 Å². The number of sulfonamides is 1. The number of benzene rings is 1. The Hall–Kier alpha value is -1.58. The van der Waals surface area contributed by atoms with Crippen LogP contribution in [0.3, 0.4) is 0 Å². The number of hydrogen-bond donors (Lipinski definition) is 2. The minimum Gasteiger partial charge on any atom is -0.396 e. The van der Waals surface area contributed by atoms with E-state index in [9.17, 15) is 22.9 Å². The summed E-state index contributed by atoms with van der Waals surface area (Å²) in [6, 6.07) is 2.36. The molecule has 0 aromatic heterocycles. The molecule has 9 heteroatoms. The molecule has 0 aliphatic heterocycles. The molecule has 0 fully saturated rings. The standard InChI is InChI=1S/C10H13FN2O5S/c11-9-4-3-8(7-10(9)13(15)16)19(17,18)12-5-1-2-6-14/h3-4,7,12,14H,1-2,5-6H2. The van der Waals surface area contributed by atoms with Gasteiger partial charge in [0.25, 0.3) is 0 Å². The molecule has 0 atom stereocenters. The molecule has 106 valence electrons. The first-order chi connectivity index (χ1) is 8.88. The number of unbranched alkanes of at least 4 members (excludes halogenated alkanes) is 1. The van der Waals surface area contributed by atoms with Crippen molar-refractivity contribution in [3.8, 4) is 0 Å². The molecule has 7 nitrogen and oxygen atoms in total. The number of nitro groups is 1. The van der Waals surface area contributed by atoms with Crippen LogP contribution in [-0.4, -0.2) is 31.6 Å². The Morgan fingerprint density at radius 1 is 1.37 bits per heavy atom. The van der Waals surface area contributed by atoms with Gasteiger partial charge in [-0.3, -0.25) is 10.1 Å². The number of hydrogen-bond acceptors (Lipinski definition) is 5. The van der Waals surface area contributed by atoms with Gasteiger partial charge in [-0.05, 0) is 25.0 Å². The van der Waals surface area contributed by atoms with Gasteiger partial charge in [-0.15, -0.1) is 0 Å². The van der Waals surface area contributed by atoms with E-state index in [-0.39, 0.29) is 18.0 Å². The average molecular weight is 292 g/mol. The zero-order valence-electron chi connectivity index (χ0n) is 9.87. The summed E-state index contributed by atoms with van der Waals surface area (Å²) in [5.41, 5.74) is -0.891. The molecule has 0 spiro atoms. The lowest BCUT2D eigenvalue weighted by Gasteiger charge is -2.06. The molecule has 0 saturated heterocycles. The van der Waals surface area contributed by atoms with Crippen LogP contribution in [0.15, 0.2) is 23.1 Å². The van der Waals surface area contributed by atoms with E-state index in [2.05, 4.69) is 4.72 Å². The Balaban J connectivity index is 2.89. The maximum Gasteiger partial charge on any atom is 0.306 e. The molecule has 2 N–H and O–H groups in total. The van der Waals surface area contributed by atoms with Gasteiger partial charge in [0.15, 0.2) is 0 Å². The van der Waals surface area contributed by atoms with Crippen molar-refractivity contribution in [1.82, 2.24) is 4.72 Å². The molecule has 1 rings (SSSR count). The minimum atomic E-state index is -3.92. The number of halogens is 1. The topological polar surface area (TPSA) is 110 Å². The SMILES string of the molecule is O=[N+]([O-])c1cc(S(=O)(=O)NCCCCO)ccc1F. The van der Waals surface area contributed by atoms with Crippen LogP contribution in [0.25, 0.3) is 0 Å². The van der Waals surface area contributed by atoms with Crippen LogP contribution in [0.5, 0.6) is 0 Å². The van der Waals surface area contributed by atoms with Gasteiger partial charge in [-0.2, -0.15) is 4.39 Å². The van der Waals surface area contributed by atoms with Crippen molar-refractivity contribution in [2.75, 3.05) is 13.2 Å². The van der Waals surface area contributed by atoms with Gasteiger partial charge in [0.1, 0.15) is 0 Å².